The second kappa shape index (κ2) is 9.33. The Morgan fingerprint density at radius 1 is 1.00 bits per heavy atom. The lowest BCUT2D eigenvalue weighted by atomic mass is 9.90. The van der Waals surface area contributed by atoms with Crippen LogP contribution < -0.4 is 25.4 Å². The van der Waals surface area contributed by atoms with Gasteiger partial charge in [0.2, 0.25) is 0 Å². The third-order valence-corrected chi connectivity index (χ3v) is 5.93. The maximum atomic E-state index is 13.7. The largest absolute Gasteiger partial charge is 0.474 e. The highest BCUT2D eigenvalue weighted by atomic mass is 32.1. The van der Waals surface area contributed by atoms with Gasteiger partial charge >= 0.3 is 0 Å². The van der Waals surface area contributed by atoms with Crippen molar-refractivity contribution in [3.63, 3.8) is 0 Å². The molecule has 1 saturated heterocycles. The van der Waals surface area contributed by atoms with Crippen molar-refractivity contribution >= 4 is 40.6 Å². The highest BCUT2D eigenvalue weighted by Crippen LogP contribution is 2.32. The van der Waals surface area contributed by atoms with E-state index in [0.29, 0.717) is 17.2 Å². The van der Waals surface area contributed by atoms with E-state index in [-0.39, 0.29) is 22.0 Å². The number of anilines is 1. The average Bonchev–Trinajstić information content (AvgIpc) is 2.85. The number of carbonyl (C=O) groups excluding carboxylic acids is 3. The molecule has 2 amide bonds. The lowest BCUT2D eigenvalue weighted by Gasteiger charge is -2.31. The number of nitrogens with zero attached hydrogens (tertiary/aromatic N) is 1. The van der Waals surface area contributed by atoms with Crippen LogP contribution in [0.5, 0.6) is 17.2 Å². The van der Waals surface area contributed by atoms with Gasteiger partial charge in [-0.1, -0.05) is 24.3 Å². The van der Waals surface area contributed by atoms with Gasteiger partial charge in [0.25, 0.3) is 11.8 Å². The molecule has 0 saturated carbocycles. The molecule has 3 aromatic rings. The van der Waals surface area contributed by atoms with Crippen LogP contribution in [0.4, 0.5) is 10.1 Å². The average molecular weight is 504 g/mol. The summed E-state index contributed by atoms with van der Waals surface area (Å²) in [6.07, 6.45) is -0.0412. The number of ketones is 1. The van der Waals surface area contributed by atoms with Gasteiger partial charge in [-0.05, 0) is 66.8 Å². The first-order valence-electron chi connectivity index (χ1n) is 10.8. The number of carbonyl (C=O) groups is 3. The summed E-state index contributed by atoms with van der Waals surface area (Å²) < 4.78 is 25.0. The van der Waals surface area contributed by atoms with Crippen molar-refractivity contribution in [3.8, 4) is 17.2 Å². The molecule has 3 aromatic carbocycles. The quantitative estimate of drug-likeness (QED) is 0.319. The summed E-state index contributed by atoms with van der Waals surface area (Å²) in [5, 5.41) is 2.33. The zero-order chi connectivity index (χ0) is 25.4. The van der Waals surface area contributed by atoms with E-state index in [1.807, 2.05) is 18.2 Å². The second-order valence-corrected chi connectivity index (χ2v) is 8.39. The van der Waals surface area contributed by atoms with Crippen LogP contribution in [0.2, 0.25) is 0 Å². The third-order valence-electron chi connectivity index (χ3n) is 5.65. The number of amides is 2. The van der Waals surface area contributed by atoms with Crippen molar-refractivity contribution in [2.75, 3.05) is 4.90 Å². The van der Waals surface area contributed by atoms with Crippen molar-refractivity contribution in [1.82, 2.24) is 5.32 Å². The van der Waals surface area contributed by atoms with Gasteiger partial charge in [0.1, 0.15) is 28.6 Å². The number of hydrogen-bond acceptors (Lipinski definition) is 7. The minimum atomic E-state index is -1.20. The number of halogens is 1. The van der Waals surface area contributed by atoms with E-state index in [0.717, 1.165) is 23.1 Å². The van der Waals surface area contributed by atoms with E-state index < -0.39 is 35.6 Å². The number of ether oxygens (including phenoxy) is 2. The van der Waals surface area contributed by atoms with Gasteiger partial charge in [-0.15, -0.1) is 0 Å². The van der Waals surface area contributed by atoms with Crippen molar-refractivity contribution in [2.45, 2.75) is 6.23 Å². The molecule has 2 unspecified atom stereocenters. The van der Waals surface area contributed by atoms with Crippen molar-refractivity contribution in [2.24, 2.45) is 11.7 Å². The fourth-order valence-electron chi connectivity index (χ4n) is 3.90. The topological polar surface area (TPSA) is 111 Å². The molecule has 1 fully saturated rings. The van der Waals surface area contributed by atoms with Gasteiger partial charge < -0.3 is 9.47 Å². The normalized spacial score (nSPS) is 20.6. The molecule has 0 spiro atoms. The molecule has 2 atom stereocenters. The number of nitrogens with two attached hydrogens (primary N) is 1. The van der Waals surface area contributed by atoms with Crippen molar-refractivity contribution in [3.05, 3.63) is 95.8 Å². The zero-order valence-electron chi connectivity index (χ0n) is 18.5. The number of benzene rings is 3. The second-order valence-electron chi connectivity index (χ2n) is 8.00. The standard InChI is InChI=1S/C26H18FN3O5S/c27-14-6-11-21-18(12-14)22(31)19(23(28)35-21)13-20-24(32)29-26(36)30(25(20)33)15-7-9-17(10-8-15)34-16-4-2-1-3-5-16/h1-13,19,23H,28H2,(H,29,32,36)/b20-13+. The Morgan fingerprint density at radius 3 is 2.42 bits per heavy atom. The van der Waals surface area contributed by atoms with Crippen LogP contribution in [0, 0.1) is 11.7 Å². The smallest absolute Gasteiger partial charge is 0.269 e. The molecule has 0 bridgehead atoms. The maximum absolute atomic E-state index is 13.7. The molecule has 3 N–H and O–H groups in total. The Balaban J connectivity index is 1.42. The first-order chi connectivity index (χ1) is 17.3. The number of Topliss-reactive ketones (excluding diaryl/α,β-unsaturated/α-hetero) is 1. The van der Waals surface area contributed by atoms with Gasteiger partial charge in [0.05, 0.1) is 17.2 Å². The van der Waals surface area contributed by atoms with E-state index in [2.05, 4.69) is 5.32 Å². The van der Waals surface area contributed by atoms with Gasteiger partial charge in [-0.3, -0.25) is 30.3 Å². The highest BCUT2D eigenvalue weighted by molar-refractivity contribution is 7.80. The molecule has 2 aliphatic rings. The van der Waals surface area contributed by atoms with Crippen LogP contribution in [-0.4, -0.2) is 28.9 Å². The molecular weight excluding hydrogens is 485 g/mol. The lowest BCUT2D eigenvalue weighted by molar-refractivity contribution is -0.122. The Labute approximate surface area is 210 Å². The Kier molecular flexibility index (Phi) is 6.05. The number of nitrogens with one attached hydrogen (secondary N) is 1. The number of fused-ring (bicyclic) bond motifs is 1. The number of para-hydroxylation sites is 1. The Morgan fingerprint density at radius 2 is 1.69 bits per heavy atom. The Bertz CT molecular complexity index is 1430. The van der Waals surface area contributed by atoms with Crippen LogP contribution >= 0.6 is 12.2 Å². The fourth-order valence-corrected chi connectivity index (χ4v) is 4.18. The van der Waals surface area contributed by atoms with Crippen molar-refractivity contribution < 1.29 is 28.2 Å². The van der Waals surface area contributed by atoms with Gasteiger partial charge in [-0.2, -0.15) is 0 Å². The minimum absolute atomic E-state index is 0.0244. The zero-order valence-corrected chi connectivity index (χ0v) is 19.3. The summed E-state index contributed by atoms with van der Waals surface area (Å²) in [6, 6.07) is 19.1. The SMILES string of the molecule is NC1Oc2ccc(F)cc2C(=O)C1/C=C1\C(=O)NC(=S)N(c2ccc(Oc3ccccc3)cc2)C1=O. The molecule has 10 heteroatoms. The molecule has 8 nitrogen and oxygen atoms in total. The number of thiocarbonyl (C=S) groups is 1. The van der Waals surface area contributed by atoms with Crippen molar-refractivity contribution in [1.29, 1.82) is 0 Å². The molecule has 2 heterocycles. The minimum Gasteiger partial charge on any atom is -0.474 e. The van der Waals surface area contributed by atoms with E-state index in [4.69, 9.17) is 27.4 Å². The van der Waals surface area contributed by atoms with Crippen LogP contribution in [0.25, 0.3) is 0 Å². The highest BCUT2D eigenvalue weighted by Gasteiger charge is 2.39. The number of hydrogen-bond donors (Lipinski definition) is 2. The van der Waals surface area contributed by atoms with Crippen LogP contribution in [-0.2, 0) is 9.59 Å². The summed E-state index contributed by atoms with van der Waals surface area (Å²) in [5.41, 5.74) is 6.01. The predicted molar refractivity (Wildman–Crippen MR) is 132 cm³/mol. The summed E-state index contributed by atoms with van der Waals surface area (Å²) in [7, 11) is 0. The van der Waals surface area contributed by atoms with Crippen LogP contribution in [0.3, 0.4) is 0 Å². The van der Waals surface area contributed by atoms with E-state index in [1.54, 1.807) is 36.4 Å². The molecule has 2 aliphatic heterocycles. The molecule has 180 valence electrons. The Hall–Kier alpha value is -4.41. The maximum Gasteiger partial charge on any atom is 0.269 e. The fraction of sp³-hybridized carbons (Fsp3) is 0.0769. The van der Waals surface area contributed by atoms with E-state index in [9.17, 15) is 18.8 Å². The van der Waals surface area contributed by atoms with Crippen LogP contribution in [0.15, 0.2) is 84.4 Å². The van der Waals surface area contributed by atoms with Gasteiger partial charge in [-0.25, -0.2) is 4.39 Å². The van der Waals surface area contributed by atoms with Crippen LogP contribution in [0.1, 0.15) is 10.4 Å². The van der Waals surface area contributed by atoms with E-state index >= 15 is 0 Å². The first kappa shape index (κ1) is 23.3. The summed E-state index contributed by atoms with van der Waals surface area (Å²) in [4.78, 5) is 40.1. The summed E-state index contributed by atoms with van der Waals surface area (Å²) in [5.74, 6) is -2.62. The molecule has 5 rings (SSSR count). The molecule has 0 aromatic heterocycles. The molecule has 0 radical (unpaired) electrons. The first-order valence-corrected chi connectivity index (χ1v) is 11.2. The molecule has 36 heavy (non-hydrogen) atoms. The predicted octanol–water partition coefficient (Wildman–Crippen LogP) is 3.47. The summed E-state index contributed by atoms with van der Waals surface area (Å²) in [6.45, 7) is 0. The van der Waals surface area contributed by atoms with E-state index in [1.165, 1.54) is 6.07 Å². The molecule has 0 aliphatic carbocycles. The lowest BCUT2D eigenvalue weighted by Crippen LogP contribution is -2.55. The van der Waals surface area contributed by atoms with Gasteiger partial charge in [0.15, 0.2) is 17.1 Å². The number of rotatable bonds is 4. The molecular formula is C26H18FN3O5S. The summed E-state index contributed by atoms with van der Waals surface area (Å²) >= 11 is 5.23. The monoisotopic (exact) mass is 503 g/mol. The third kappa shape index (κ3) is 4.35. The van der Waals surface area contributed by atoms with Gasteiger partial charge in [0, 0.05) is 0 Å².